The van der Waals surface area contributed by atoms with E-state index in [1.807, 2.05) is 15.9 Å². The molecular formula is C21H23F3N4O3. The Morgan fingerprint density at radius 2 is 1.74 bits per heavy atom. The van der Waals surface area contributed by atoms with Crippen LogP contribution in [0.3, 0.4) is 0 Å². The number of carbonyl (C=O) groups excluding carboxylic acids is 1. The van der Waals surface area contributed by atoms with Crippen LogP contribution in [0.4, 0.5) is 24.7 Å². The highest BCUT2D eigenvalue weighted by Crippen LogP contribution is 2.29. The van der Waals surface area contributed by atoms with Crippen LogP contribution in [-0.2, 0) is 15.8 Å². The summed E-state index contributed by atoms with van der Waals surface area (Å²) in [5, 5.41) is 12.2. The molecule has 2 aromatic rings. The number of anilines is 2. The zero-order chi connectivity index (χ0) is 22.4. The van der Waals surface area contributed by atoms with Crippen LogP contribution in [0.15, 0.2) is 48.7 Å². The molecule has 1 amide bonds. The fraction of sp³-hybridized carbons (Fsp3) is 0.381. The SMILES string of the molecule is O=C(C[C@@H](CN1CCN(c2ccc(C(F)(F)F)cn2)CC1)C(=O)O)Nc1ccccc1. The molecule has 0 bridgehead atoms. The zero-order valence-corrected chi connectivity index (χ0v) is 16.7. The molecule has 1 atom stereocenters. The van der Waals surface area contributed by atoms with Crippen LogP contribution in [0.5, 0.6) is 0 Å². The van der Waals surface area contributed by atoms with Crippen LogP contribution < -0.4 is 10.2 Å². The summed E-state index contributed by atoms with van der Waals surface area (Å²) in [6.45, 7) is 2.26. The second kappa shape index (κ2) is 9.78. The third-order valence-electron chi connectivity index (χ3n) is 5.09. The Morgan fingerprint density at radius 1 is 1.06 bits per heavy atom. The molecule has 31 heavy (non-hydrogen) atoms. The number of para-hydroxylation sites is 1. The lowest BCUT2D eigenvalue weighted by Gasteiger charge is -2.36. The van der Waals surface area contributed by atoms with Gasteiger partial charge in [-0.2, -0.15) is 13.2 Å². The van der Waals surface area contributed by atoms with E-state index in [0.717, 1.165) is 12.3 Å². The molecule has 2 heterocycles. The first-order valence-corrected chi connectivity index (χ1v) is 9.80. The Balaban J connectivity index is 1.51. The van der Waals surface area contributed by atoms with Crippen molar-refractivity contribution in [3.05, 3.63) is 54.2 Å². The molecule has 1 saturated heterocycles. The molecule has 7 nitrogen and oxygen atoms in total. The van der Waals surface area contributed by atoms with Crippen molar-refractivity contribution in [3.63, 3.8) is 0 Å². The van der Waals surface area contributed by atoms with Crippen LogP contribution in [0.2, 0.25) is 0 Å². The molecule has 0 unspecified atom stereocenters. The van der Waals surface area contributed by atoms with E-state index >= 15 is 0 Å². The topological polar surface area (TPSA) is 85.8 Å². The molecule has 0 radical (unpaired) electrons. The van der Waals surface area contributed by atoms with Crippen LogP contribution in [-0.4, -0.2) is 59.6 Å². The highest BCUT2D eigenvalue weighted by molar-refractivity contribution is 5.93. The molecule has 1 fully saturated rings. The summed E-state index contributed by atoms with van der Waals surface area (Å²) >= 11 is 0. The molecule has 0 spiro atoms. The lowest BCUT2D eigenvalue weighted by Crippen LogP contribution is -2.49. The minimum atomic E-state index is -4.43. The molecule has 3 rings (SSSR count). The Morgan fingerprint density at radius 3 is 2.29 bits per heavy atom. The van der Waals surface area contributed by atoms with Crippen molar-refractivity contribution in [1.29, 1.82) is 0 Å². The third kappa shape index (κ3) is 6.42. The summed E-state index contributed by atoms with van der Waals surface area (Å²) < 4.78 is 38.0. The van der Waals surface area contributed by atoms with Gasteiger partial charge in [0.25, 0.3) is 0 Å². The first-order chi connectivity index (χ1) is 14.7. The lowest BCUT2D eigenvalue weighted by molar-refractivity contribution is -0.144. The molecule has 1 aliphatic rings. The van der Waals surface area contributed by atoms with Crippen molar-refractivity contribution in [2.45, 2.75) is 12.6 Å². The number of carboxylic acids is 1. The second-order valence-corrected chi connectivity index (χ2v) is 7.34. The van der Waals surface area contributed by atoms with E-state index in [1.165, 1.54) is 6.07 Å². The van der Waals surface area contributed by atoms with Crippen LogP contribution >= 0.6 is 0 Å². The van der Waals surface area contributed by atoms with Gasteiger partial charge in [0.1, 0.15) is 5.82 Å². The minimum Gasteiger partial charge on any atom is -0.481 e. The van der Waals surface area contributed by atoms with Crippen molar-refractivity contribution < 1.29 is 27.9 Å². The quantitative estimate of drug-likeness (QED) is 0.694. The predicted octanol–water partition coefficient (Wildman–Crippen LogP) is 2.95. The first-order valence-electron chi connectivity index (χ1n) is 9.80. The molecule has 1 aromatic carbocycles. The average Bonchev–Trinajstić information content (AvgIpc) is 2.74. The van der Waals surface area contributed by atoms with Crippen molar-refractivity contribution >= 4 is 23.4 Å². The molecule has 166 valence electrons. The standard InChI is InChI=1S/C21H23F3N4O3/c22-21(23,24)16-6-7-18(25-13-16)28-10-8-27(9-11-28)14-15(20(30)31)12-19(29)26-17-4-2-1-3-5-17/h1-7,13,15H,8-12,14H2,(H,26,29)(H,30,31)/t15-/m0/s1. The number of piperazine rings is 1. The zero-order valence-electron chi connectivity index (χ0n) is 16.7. The fourth-order valence-corrected chi connectivity index (χ4v) is 3.40. The van der Waals surface area contributed by atoms with E-state index in [4.69, 9.17) is 0 Å². The van der Waals surface area contributed by atoms with Gasteiger partial charge < -0.3 is 15.3 Å². The molecule has 1 aromatic heterocycles. The number of benzene rings is 1. The fourth-order valence-electron chi connectivity index (χ4n) is 3.40. The van der Waals surface area contributed by atoms with E-state index in [2.05, 4.69) is 10.3 Å². The van der Waals surface area contributed by atoms with Gasteiger partial charge in [0.2, 0.25) is 5.91 Å². The molecule has 1 aliphatic heterocycles. The Bertz CT molecular complexity index is 883. The molecule has 0 aliphatic carbocycles. The second-order valence-electron chi connectivity index (χ2n) is 7.34. The van der Waals surface area contributed by atoms with E-state index in [-0.39, 0.29) is 18.9 Å². The lowest BCUT2D eigenvalue weighted by atomic mass is 10.0. The summed E-state index contributed by atoms with van der Waals surface area (Å²) in [5.41, 5.74) is -0.192. The highest BCUT2D eigenvalue weighted by atomic mass is 19.4. The van der Waals surface area contributed by atoms with Crippen molar-refractivity contribution in [2.75, 3.05) is 42.9 Å². The number of carbonyl (C=O) groups is 2. The maximum atomic E-state index is 12.7. The summed E-state index contributed by atoms with van der Waals surface area (Å²) in [5.74, 6) is -1.83. The maximum Gasteiger partial charge on any atom is 0.417 e. The average molecular weight is 436 g/mol. The van der Waals surface area contributed by atoms with E-state index in [0.29, 0.717) is 37.7 Å². The van der Waals surface area contributed by atoms with E-state index in [9.17, 15) is 27.9 Å². The van der Waals surface area contributed by atoms with Crippen molar-refractivity contribution in [3.8, 4) is 0 Å². The number of aromatic nitrogens is 1. The Hall–Kier alpha value is -3.14. The minimum absolute atomic E-state index is 0.148. The number of alkyl halides is 3. The van der Waals surface area contributed by atoms with Crippen molar-refractivity contribution in [1.82, 2.24) is 9.88 Å². The highest BCUT2D eigenvalue weighted by Gasteiger charge is 2.31. The van der Waals surface area contributed by atoms with Crippen molar-refractivity contribution in [2.24, 2.45) is 5.92 Å². The largest absolute Gasteiger partial charge is 0.481 e. The number of nitrogens with zero attached hydrogens (tertiary/aromatic N) is 3. The molecular weight excluding hydrogens is 413 g/mol. The van der Waals surface area contributed by atoms with Gasteiger partial charge in [-0.05, 0) is 24.3 Å². The maximum absolute atomic E-state index is 12.7. The van der Waals surface area contributed by atoms with Gasteiger partial charge in [-0.25, -0.2) is 4.98 Å². The number of aliphatic carboxylic acids is 1. The summed E-state index contributed by atoms with van der Waals surface area (Å²) in [4.78, 5) is 31.6. The number of carboxylic acid groups (broad SMARTS) is 1. The van der Waals surface area contributed by atoms with Gasteiger partial charge in [0.15, 0.2) is 0 Å². The van der Waals surface area contributed by atoms with E-state index < -0.39 is 23.6 Å². The van der Waals surface area contributed by atoms with Gasteiger partial charge >= 0.3 is 12.1 Å². The number of hydrogen-bond donors (Lipinski definition) is 2. The van der Waals surface area contributed by atoms with Gasteiger partial charge in [-0.15, -0.1) is 0 Å². The number of hydrogen-bond acceptors (Lipinski definition) is 5. The van der Waals surface area contributed by atoms with Gasteiger partial charge in [-0.1, -0.05) is 18.2 Å². The molecule has 10 heteroatoms. The van der Waals surface area contributed by atoms with E-state index in [1.54, 1.807) is 24.3 Å². The molecule has 2 N–H and O–H groups in total. The molecule has 0 saturated carbocycles. The predicted molar refractivity (Wildman–Crippen MR) is 109 cm³/mol. The van der Waals surface area contributed by atoms with Crippen LogP contribution in [0.25, 0.3) is 0 Å². The Kier molecular flexibility index (Phi) is 7.11. The number of pyridine rings is 1. The van der Waals surface area contributed by atoms with Gasteiger partial charge in [0.05, 0.1) is 11.5 Å². The first kappa shape index (κ1) is 22.5. The number of rotatable bonds is 7. The normalized spacial score (nSPS) is 16.0. The smallest absolute Gasteiger partial charge is 0.417 e. The van der Waals surface area contributed by atoms with Gasteiger partial charge in [0, 0.05) is 51.0 Å². The number of halogens is 3. The third-order valence-corrected chi connectivity index (χ3v) is 5.09. The number of amides is 1. The number of nitrogens with one attached hydrogen (secondary N) is 1. The monoisotopic (exact) mass is 436 g/mol. The van der Waals surface area contributed by atoms with Crippen LogP contribution in [0, 0.1) is 5.92 Å². The summed E-state index contributed by atoms with van der Waals surface area (Å²) in [6, 6.07) is 11.2. The van der Waals surface area contributed by atoms with Gasteiger partial charge in [-0.3, -0.25) is 14.5 Å². The summed E-state index contributed by atoms with van der Waals surface area (Å²) in [6.07, 6.45) is -3.76. The van der Waals surface area contributed by atoms with Crippen LogP contribution in [0.1, 0.15) is 12.0 Å². The Labute approximate surface area is 177 Å². The summed E-state index contributed by atoms with van der Waals surface area (Å²) in [7, 11) is 0.